The Morgan fingerprint density at radius 1 is 1.07 bits per heavy atom. The first-order valence-corrected chi connectivity index (χ1v) is 15.5. The van der Waals surface area contributed by atoms with Gasteiger partial charge < -0.3 is 10.2 Å². The Balaban J connectivity index is 1.39. The highest BCUT2D eigenvalue weighted by Crippen LogP contribution is 2.57. The molecule has 0 radical (unpaired) electrons. The van der Waals surface area contributed by atoms with Crippen molar-refractivity contribution >= 4 is 51.4 Å². The molecule has 0 spiro atoms. The number of benzene rings is 3. The maximum Gasteiger partial charge on any atom is 0.416 e. The smallest absolute Gasteiger partial charge is 0.416 e. The molecule has 0 bridgehead atoms. The van der Waals surface area contributed by atoms with Gasteiger partial charge in [0.15, 0.2) is 0 Å². The van der Waals surface area contributed by atoms with Gasteiger partial charge in [-0.05, 0) is 86.1 Å². The van der Waals surface area contributed by atoms with E-state index in [1.165, 1.54) is 17.4 Å². The summed E-state index contributed by atoms with van der Waals surface area (Å²) in [5.41, 5.74) is 2.59. The van der Waals surface area contributed by atoms with E-state index in [0.717, 1.165) is 60.1 Å². The van der Waals surface area contributed by atoms with E-state index < -0.39 is 23.3 Å². The Labute approximate surface area is 251 Å². The number of rotatable bonds is 11. The molecule has 4 aromatic rings. The van der Waals surface area contributed by atoms with Crippen LogP contribution in [-0.2, 0) is 23.0 Å². The van der Waals surface area contributed by atoms with Crippen molar-refractivity contribution in [1.82, 2.24) is 4.98 Å². The number of aryl methyl sites for hydroxylation is 1. The van der Waals surface area contributed by atoms with Gasteiger partial charge in [0, 0.05) is 10.00 Å². The molecule has 1 aliphatic carbocycles. The summed E-state index contributed by atoms with van der Waals surface area (Å²) in [6, 6.07) is 19.6. The van der Waals surface area contributed by atoms with Gasteiger partial charge in [-0.2, -0.15) is 13.2 Å². The van der Waals surface area contributed by atoms with Gasteiger partial charge in [0.1, 0.15) is 5.01 Å². The highest BCUT2D eigenvalue weighted by atomic mass is 32.2. The molecule has 1 atom stereocenters. The number of hydrogen-bond donors (Lipinski definition) is 2. The Hall–Kier alpha value is -3.14. The normalized spacial score (nSPS) is 15.8. The van der Waals surface area contributed by atoms with Crippen LogP contribution in [0.5, 0.6) is 0 Å². The zero-order valence-corrected chi connectivity index (χ0v) is 25.0. The molecule has 4 nitrogen and oxygen atoms in total. The van der Waals surface area contributed by atoms with E-state index in [2.05, 4.69) is 17.1 Å². The van der Waals surface area contributed by atoms with E-state index >= 15 is 0 Å². The van der Waals surface area contributed by atoms with Crippen LogP contribution >= 0.6 is 23.1 Å². The second-order valence-electron chi connectivity index (χ2n) is 11.4. The molecular formula is C33H32F3NO3S2. The molecule has 0 saturated heterocycles. The molecule has 2 N–H and O–H groups in total. The minimum absolute atomic E-state index is 0.0401. The number of thioether (sulfide) groups is 1. The second-order valence-corrected chi connectivity index (χ2v) is 14.1. The Kier molecular flexibility index (Phi) is 8.56. The molecule has 42 heavy (non-hydrogen) atoms. The number of alkyl halides is 3. The molecule has 5 rings (SSSR count). The largest absolute Gasteiger partial charge is 0.481 e. The summed E-state index contributed by atoms with van der Waals surface area (Å²) < 4.78 is 39.7. The topological polar surface area (TPSA) is 70.4 Å². The number of carbonyl (C=O) groups is 1. The first-order chi connectivity index (χ1) is 19.8. The Bertz CT molecular complexity index is 1620. The number of aromatic nitrogens is 1. The number of carboxylic acid groups (broad SMARTS) is 1. The fourth-order valence-corrected chi connectivity index (χ4v) is 7.71. The fourth-order valence-electron chi connectivity index (χ4n) is 5.19. The first kappa shape index (κ1) is 30.3. The molecule has 0 aliphatic heterocycles. The van der Waals surface area contributed by atoms with Crippen molar-refractivity contribution in [1.29, 1.82) is 0 Å². The zero-order chi connectivity index (χ0) is 30.1. The van der Waals surface area contributed by atoms with Crippen LogP contribution in [0.15, 0.2) is 66.7 Å². The van der Waals surface area contributed by atoms with Crippen molar-refractivity contribution < 1.29 is 28.2 Å². The van der Waals surface area contributed by atoms with Crippen LogP contribution < -0.4 is 0 Å². The third-order valence-electron chi connectivity index (χ3n) is 7.46. The lowest BCUT2D eigenvalue weighted by Crippen LogP contribution is -2.18. The van der Waals surface area contributed by atoms with Gasteiger partial charge >= 0.3 is 12.1 Å². The van der Waals surface area contributed by atoms with Crippen molar-refractivity contribution in [2.24, 2.45) is 0 Å². The maximum atomic E-state index is 13.1. The summed E-state index contributed by atoms with van der Waals surface area (Å²) in [4.78, 5) is 16.0. The molecule has 9 heteroatoms. The summed E-state index contributed by atoms with van der Waals surface area (Å²) in [7, 11) is 0. The predicted octanol–water partition coefficient (Wildman–Crippen LogP) is 9.13. The van der Waals surface area contributed by atoms with Crippen molar-refractivity contribution in [2.45, 2.75) is 67.7 Å². The summed E-state index contributed by atoms with van der Waals surface area (Å²) in [5.74, 6) is -0.791. The monoisotopic (exact) mass is 611 g/mol. The van der Waals surface area contributed by atoms with Crippen LogP contribution in [0.3, 0.4) is 0 Å². The number of nitrogens with zero attached hydrogens (tertiary/aromatic N) is 1. The van der Waals surface area contributed by atoms with Crippen LogP contribution in [-0.4, -0.2) is 25.9 Å². The number of fused-ring (bicyclic) bond motifs is 1. The van der Waals surface area contributed by atoms with Gasteiger partial charge in [-0.1, -0.05) is 54.6 Å². The van der Waals surface area contributed by atoms with Crippen LogP contribution in [0.1, 0.15) is 77.6 Å². The van der Waals surface area contributed by atoms with Gasteiger partial charge in [0.05, 0.1) is 27.8 Å². The number of aliphatic carboxylic acids is 1. The molecule has 3 aromatic carbocycles. The summed E-state index contributed by atoms with van der Waals surface area (Å²) >= 11 is 3.06. The lowest BCUT2D eigenvalue weighted by atomic mass is 9.90. The molecule has 1 saturated carbocycles. The fraction of sp³-hybridized carbons (Fsp3) is 0.333. The van der Waals surface area contributed by atoms with Gasteiger partial charge in [-0.3, -0.25) is 4.79 Å². The Morgan fingerprint density at radius 2 is 1.83 bits per heavy atom. The van der Waals surface area contributed by atoms with E-state index in [4.69, 9.17) is 0 Å². The van der Waals surface area contributed by atoms with E-state index in [1.807, 2.05) is 48.6 Å². The number of aliphatic hydroxyl groups is 1. The van der Waals surface area contributed by atoms with E-state index in [-0.39, 0.29) is 16.4 Å². The molecule has 1 heterocycles. The first-order valence-electron chi connectivity index (χ1n) is 13.8. The maximum absolute atomic E-state index is 13.1. The summed E-state index contributed by atoms with van der Waals surface area (Å²) in [6.07, 6.45) is 2.66. The third-order valence-corrected chi connectivity index (χ3v) is 10.3. The minimum atomic E-state index is -4.41. The summed E-state index contributed by atoms with van der Waals surface area (Å²) in [6.45, 7) is 3.56. The number of carboxylic acids is 1. The summed E-state index contributed by atoms with van der Waals surface area (Å²) in [5, 5.41) is 20.9. The molecule has 1 unspecified atom stereocenters. The van der Waals surface area contributed by atoms with Gasteiger partial charge in [-0.15, -0.1) is 23.1 Å². The SMILES string of the molecule is CC(C)(O)c1ccccc1CCC(SC1(CC(=O)O)CC1)c1cccc(/C=C/c2nc3cc(C(F)(F)F)ccc3s2)c1. The highest BCUT2D eigenvalue weighted by Gasteiger charge is 2.47. The van der Waals surface area contributed by atoms with Crippen molar-refractivity contribution in [3.8, 4) is 0 Å². The van der Waals surface area contributed by atoms with Crippen LogP contribution in [0, 0.1) is 0 Å². The number of halogens is 3. The van der Waals surface area contributed by atoms with Crippen LogP contribution in [0.2, 0.25) is 0 Å². The van der Waals surface area contributed by atoms with Crippen LogP contribution in [0.4, 0.5) is 13.2 Å². The minimum Gasteiger partial charge on any atom is -0.481 e. The van der Waals surface area contributed by atoms with E-state index in [0.29, 0.717) is 15.2 Å². The lowest BCUT2D eigenvalue weighted by molar-refractivity contribution is -0.138. The van der Waals surface area contributed by atoms with Crippen LogP contribution in [0.25, 0.3) is 22.4 Å². The molecule has 0 amide bonds. The second kappa shape index (κ2) is 11.9. The van der Waals surface area contributed by atoms with Gasteiger partial charge in [-0.25, -0.2) is 4.98 Å². The predicted molar refractivity (Wildman–Crippen MR) is 165 cm³/mol. The van der Waals surface area contributed by atoms with E-state index in [1.54, 1.807) is 25.6 Å². The molecule has 1 aliphatic rings. The molecule has 1 fully saturated rings. The highest BCUT2D eigenvalue weighted by molar-refractivity contribution is 8.01. The molecule has 220 valence electrons. The van der Waals surface area contributed by atoms with E-state index in [9.17, 15) is 28.2 Å². The third kappa shape index (κ3) is 7.43. The van der Waals surface area contributed by atoms with Gasteiger partial charge in [0.25, 0.3) is 0 Å². The van der Waals surface area contributed by atoms with Crippen molar-refractivity contribution in [3.05, 3.63) is 99.6 Å². The Morgan fingerprint density at radius 3 is 2.52 bits per heavy atom. The number of thiazole rings is 1. The quantitative estimate of drug-likeness (QED) is 0.177. The lowest BCUT2D eigenvalue weighted by Gasteiger charge is -2.25. The standard InChI is InChI=1S/C33H32F3NO3S2/c1-31(2,40)25-9-4-3-7-22(25)11-13-27(42-32(16-17-32)20-30(38)39)23-8-5-6-21(18-23)10-15-29-37-26-19-24(33(34,35)36)12-14-28(26)41-29/h3-10,12,14-15,18-19,27,40H,11,13,16-17,20H2,1-2H3,(H,38,39)/b15-10+. The average molecular weight is 612 g/mol. The average Bonchev–Trinajstić information content (AvgIpc) is 3.54. The molecular weight excluding hydrogens is 579 g/mol. The van der Waals surface area contributed by atoms with Crippen molar-refractivity contribution in [3.63, 3.8) is 0 Å². The number of hydrogen-bond acceptors (Lipinski definition) is 5. The molecule has 1 aromatic heterocycles. The van der Waals surface area contributed by atoms with Gasteiger partial charge in [0.2, 0.25) is 0 Å². The van der Waals surface area contributed by atoms with Crippen molar-refractivity contribution in [2.75, 3.05) is 0 Å². The zero-order valence-electron chi connectivity index (χ0n) is 23.3.